The molecule has 2 heterocycles. The first kappa shape index (κ1) is 12.2. The summed E-state index contributed by atoms with van der Waals surface area (Å²) in [6, 6.07) is 1.79. The molecule has 0 spiro atoms. The molecule has 0 saturated heterocycles. The maximum Gasteiger partial charge on any atom is 0.208 e. The largest absolute Gasteiger partial charge is 0.382 e. The number of hydrogen-bond acceptors (Lipinski definition) is 7. The van der Waals surface area contributed by atoms with Crippen LogP contribution in [0.3, 0.4) is 0 Å². The summed E-state index contributed by atoms with van der Waals surface area (Å²) in [6.45, 7) is 0.818. The highest BCUT2D eigenvalue weighted by molar-refractivity contribution is 8.01. The Hall–Kier alpha value is -1.28. The molecule has 0 aromatic carbocycles. The molecule has 2 aromatic rings. The predicted octanol–water partition coefficient (Wildman–Crippen LogP) is 1.18. The monoisotopic (exact) mass is 270 g/mol. The number of nitrogens with two attached hydrogens (primary N) is 1. The van der Waals surface area contributed by atoms with Gasteiger partial charge in [-0.25, -0.2) is 0 Å². The Kier molecular flexibility index (Phi) is 3.85. The van der Waals surface area contributed by atoms with Crippen molar-refractivity contribution in [2.24, 2.45) is 0 Å². The fourth-order valence-electron chi connectivity index (χ4n) is 1.17. The van der Waals surface area contributed by atoms with E-state index < -0.39 is 0 Å². The third kappa shape index (κ3) is 3.34. The van der Waals surface area contributed by atoms with E-state index in [-0.39, 0.29) is 0 Å². The van der Waals surface area contributed by atoms with Crippen LogP contribution >= 0.6 is 23.1 Å². The molecule has 0 saturated carbocycles. The first-order chi connectivity index (χ1) is 8.15. The van der Waals surface area contributed by atoms with Crippen molar-refractivity contribution >= 4 is 34.0 Å². The fraction of sp³-hybridized carbons (Fsp3) is 0.444. The Morgan fingerprint density at radius 3 is 2.88 bits per heavy atom. The summed E-state index contributed by atoms with van der Waals surface area (Å²) < 4.78 is 2.81. The van der Waals surface area contributed by atoms with Gasteiger partial charge in [0.15, 0.2) is 4.34 Å². The maximum absolute atomic E-state index is 5.53. The van der Waals surface area contributed by atoms with Crippen LogP contribution in [0.5, 0.6) is 0 Å². The predicted molar refractivity (Wildman–Crippen MR) is 71.6 cm³/mol. The number of anilines is 2. The second kappa shape index (κ2) is 5.37. The normalized spacial score (nSPS) is 10.7. The highest BCUT2D eigenvalue weighted by Crippen LogP contribution is 2.26. The first-order valence-electron chi connectivity index (χ1n) is 5.08. The maximum atomic E-state index is 5.53. The summed E-state index contributed by atoms with van der Waals surface area (Å²) >= 11 is 3.27. The third-order valence-electron chi connectivity index (χ3n) is 1.99. The van der Waals surface area contributed by atoms with Crippen molar-refractivity contribution in [1.29, 1.82) is 0 Å². The standard InChI is InChI=1S/C9H14N6S2/c1-14(2)8-11-12-9(17-8)16-6-5-15-4-3-7(10)13-15/h3-4H,5-6H2,1-2H3,(H2,10,13). The molecule has 6 nitrogen and oxygen atoms in total. The molecule has 0 aliphatic rings. The Morgan fingerprint density at radius 2 is 2.29 bits per heavy atom. The molecule has 0 fully saturated rings. The second-order valence-electron chi connectivity index (χ2n) is 3.60. The van der Waals surface area contributed by atoms with Gasteiger partial charge in [-0.15, -0.1) is 10.2 Å². The summed E-state index contributed by atoms with van der Waals surface area (Å²) in [6.07, 6.45) is 1.88. The number of nitrogen functional groups attached to an aromatic ring is 1. The summed E-state index contributed by atoms with van der Waals surface area (Å²) in [5.74, 6) is 1.46. The van der Waals surface area contributed by atoms with Gasteiger partial charge in [-0.05, 0) is 6.07 Å². The molecule has 2 N–H and O–H groups in total. The van der Waals surface area contributed by atoms with E-state index in [1.807, 2.05) is 29.9 Å². The molecule has 8 heteroatoms. The van der Waals surface area contributed by atoms with E-state index >= 15 is 0 Å². The van der Waals surface area contributed by atoms with Gasteiger partial charge in [0.25, 0.3) is 0 Å². The quantitative estimate of drug-likeness (QED) is 0.822. The molecular formula is C9H14N6S2. The lowest BCUT2D eigenvalue weighted by molar-refractivity contribution is 0.669. The van der Waals surface area contributed by atoms with E-state index in [2.05, 4.69) is 15.3 Å². The van der Waals surface area contributed by atoms with Gasteiger partial charge in [0.05, 0.1) is 6.54 Å². The van der Waals surface area contributed by atoms with Crippen molar-refractivity contribution in [2.75, 3.05) is 30.5 Å². The molecular weight excluding hydrogens is 256 g/mol. The average Bonchev–Trinajstić information content (AvgIpc) is 2.88. The minimum absolute atomic E-state index is 0.556. The van der Waals surface area contributed by atoms with Crippen LogP contribution in [0, 0.1) is 0 Å². The Morgan fingerprint density at radius 1 is 1.47 bits per heavy atom. The van der Waals surface area contributed by atoms with Gasteiger partial charge in [-0.3, -0.25) is 4.68 Å². The highest BCUT2D eigenvalue weighted by atomic mass is 32.2. The van der Waals surface area contributed by atoms with E-state index in [0.717, 1.165) is 21.8 Å². The number of thioether (sulfide) groups is 1. The molecule has 92 valence electrons. The van der Waals surface area contributed by atoms with Gasteiger partial charge >= 0.3 is 0 Å². The van der Waals surface area contributed by atoms with Crippen molar-refractivity contribution < 1.29 is 0 Å². The summed E-state index contributed by atoms with van der Waals surface area (Å²) in [5.41, 5.74) is 5.53. The van der Waals surface area contributed by atoms with E-state index in [1.165, 1.54) is 0 Å². The fourth-order valence-corrected chi connectivity index (χ4v) is 2.93. The van der Waals surface area contributed by atoms with E-state index in [4.69, 9.17) is 5.73 Å². The summed E-state index contributed by atoms with van der Waals surface area (Å²) in [4.78, 5) is 1.95. The second-order valence-corrected chi connectivity index (χ2v) is 5.90. The van der Waals surface area contributed by atoms with Crippen molar-refractivity contribution in [3.63, 3.8) is 0 Å². The number of aromatic nitrogens is 4. The van der Waals surface area contributed by atoms with Gasteiger partial charge in [0.1, 0.15) is 5.82 Å². The Labute approximate surface area is 108 Å². The molecule has 0 aliphatic heterocycles. The smallest absolute Gasteiger partial charge is 0.208 e. The highest BCUT2D eigenvalue weighted by Gasteiger charge is 2.06. The topological polar surface area (TPSA) is 72.9 Å². The SMILES string of the molecule is CN(C)c1nnc(SCCn2ccc(N)n2)s1. The minimum atomic E-state index is 0.556. The van der Waals surface area contributed by atoms with E-state index in [1.54, 1.807) is 29.2 Å². The molecule has 17 heavy (non-hydrogen) atoms. The van der Waals surface area contributed by atoms with Crippen LogP contribution in [0.1, 0.15) is 0 Å². The summed E-state index contributed by atoms with van der Waals surface area (Å²) in [5, 5.41) is 13.2. The lowest BCUT2D eigenvalue weighted by Crippen LogP contribution is -2.07. The number of rotatable bonds is 5. The first-order valence-corrected chi connectivity index (χ1v) is 6.88. The van der Waals surface area contributed by atoms with Gasteiger partial charge in [-0.2, -0.15) is 5.10 Å². The van der Waals surface area contributed by atoms with Gasteiger partial charge in [-0.1, -0.05) is 23.1 Å². The lowest BCUT2D eigenvalue weighted by Gasteiger charge is -2.03. The zero-order valence-electron chi connectivity index (χ0n) is 9.70. The third-order valence-corrected chi connectivity index (χ3v) is 4.19. The van der Waals surface area contributed by atoms with Crippen LogP contribution in [0.15, 0.2) is 16.6 Å². The van der Waals surface area contributed by atoms with Gasteiger partial charge < -0.3 is 10.6 Å². The molecule has 0 aliphatic carbocycles. The lowest BCUT2D eigenvalue weighted by atomic mass is 10.7. The average molecular weight is 270 g/mol. The van der Waals surface area contributed by atoms with Crippen molar-refractivity contribution in [3.05, 3.63) is 12.3 Å². The van der Waals surface area contributed by atoms with Crippen LogP contribution < -0.4 is 10.6 Å². The zero-order valence-corrected chi connectivity index (χ0v) is 11.3. The number of nitrogens with zero attached hydrogens (tertiary/aromatic N) is 5. The van der Waals surface area contributed by atoms with E-state index in [0.29, 0.717) is 5.82 Å². The molecule has 0 unspecified atom stereocenters. The molecule has 2 aromatic heterocycles. The molecule has 2 rings (SSSR count). The van der Waals surface area contributed by atoms with Crippen LogP contribution in [0.2, 0.25) is 0 Å². The van der Waals surface area contributed by atoms with Crippen molar-refractivity contribution in [3.8, 4) is 0 Å². The Bertz CT molecular complexity index is 477. The van der Waals surface area contributed by atoms with Crippen LogP contribution in [0.4, 0.5) is 10.9 Å². The minimum Gasteiger partial charge on any atom is -0.382 e. The number of aryl methyl sites for hydroxylation is 1. The Balaban J connectivity index is 1.81. The molecule has 0 atom stereocenters. The van der Waals surface area contributed by atoms with Crippen LogP contribution in [0.25, 0.3) is 0 Å². The van der Waals surface area contributed by atoms with E-state index in [9.17, 15) is 0 Å². The van der Waals surface area contributed by atoms with Crippen LogP contribution in [-0.4, -0.2) is 39.8 Å². The molecule has 0 radical (unpaired) electrons. The van der Waals surface area contributed by atoms with Crippen LogP contribution in [-0.2, 0) is 6.54 Å². The van der Waals surface area contributed by atoms with Gasteiger partial charge in [0.2, 0.25) is 5.13 Å². The molecule has 0 amide bonds. The zero-order chi connectivity index (χ0) is 12.3. The molecule has 0 bridgehead atoms. The number of hydrogen-bond donors (Lipinski definition) is 1. The summed E-state index contributed by atoms with van der Waals surface area (Å²) in [7, 11) is 3.92. The van der Waals surface area contributed by atoms with Crippen molar-refractivity contribution in [2.45, 2.75) is 10.9 Å². The van der Waals surface area contributed by atoms with Gasteiger partial charge in [0, 0.05) is 26.0 Å². The van der Waals surface area contributed by atoms with Crippen molar-refractivity contribution in [1.82, 2.24) is 20.0 Å².